The topological polar surface area (TPSA) is 12.4 Å². The lowest BCUT2D eigenvalue weighted by Gasteiger charge is -1.81. The highest BCUT2D eigenvalue weighted by molar-refractivity contribution is 5.86. The first kappa shape index (κ1) is 9.01. The Morgan fingerprint density at radius 3 is 2.80 bits per heavy atom. The molecule has 3 heteroatoms. The van der Waals surface area contributed by atoms with Gasteiger partial charge in [0.25, 0.3) is 0 Å². The van der Waals surface area contributed by atoms with E-state index in [4.69, 9.17) is 0 Å². The van der Waals surface area contributed by atoms with Crippen LogP contribution in [0, 0.1) is 0 Å². The van der Waals surface area contributed by atoms with Crippen molar-refractivity contribution in [2.75, 3.05) is 6.67 Å². The summed E-state index contributed by atoms with van der Waals surface area (Å²) in [5.41, 5.74) is 0. The van der Waals surface area contributed by atoms with Gasteiger partial charge in [-0.15, -0.1) is 0 Å². The molecule has 0 fully saturated rings. The van der Waals surface area contributed by atoms with E-state index in [9.17, 15) is 8.78 Å². The molecule has 0 heterocycles. The van der Waals surface area contributed by atoms with Gasteiger partial charge in [-0.25, -0.2) is 4.99 Å². The molecule has 0 aromatic carbocycles. The number of halogens is 2. The van der Waals surface area contributed by atoms with E-state index in [-0.39, 0.29) is 6.42 Å². The third kappa shape index (κ3) is 5.15. The lowest BCUT2D eigenvalue weighted by Crippen LogP contribution is -1.79. The molecule has 10 heavy (non-hydrogen) atoms. The Morgan fingerprint density at radius 2 is 2.30 bits per heavy atom. The zero-order chi connectivity index (χ0) is 7.82. The molecule has 0 aromatic heterocycles. The molecule has 0 atom stereocenters. The third-order valence-corrected chi connectivity index (χ3v) is 0.746. The van der Waals surface area contributed by atoms with Gasteiger partial charge in [-0.05, 0) is 12.5 Å². The van der Waals surface area contributed by atoms with Crippen LogP contribution >= 0.6 is 0 Å². The van der Waals surface area contributed by atoms with Gasteiger partial charge in [-0.1, -0.05) is 12.7 Å². The van der Waals surface area contributed by atoms with Gasteiger partial charge in [0.05, 0.1) is 6.67 Å². The first-order valence-electron chi connectivity index (χ1n) is 2.88. The first-order valence-corrected chi connectivity index (χ1v) is 2.88. The molecule has 1 nitrogen and oxygen atoms in total. The van der Waals surface area contributed by atoms with Crippen molar-refractivity contribution >= 4 is 5.97 Å². The van der Waals surface area contributed by atoms with Crippen molar-refractivity contribution in [1.82, 2.24) is 0 Å². The van der Waals surface area contributed by atoms with Gasteiger partial charge in [-0.2, -0.15) is 4.39 Å². The molecule has 0 bridgehead atoms. The van der Waals surface area contributed by atoms with E-state index in [0.29, 0.717) is 0 Å². The van der Waals surface area contributed by atoms with Gasteiger partial charge < -0.3 is 0 Å². The van der Waals surface area contributed by atoms with Gasteiger partial charge in [0.15, 0.2) is 0 Å². The zero-order valence-corrected chi connectivity index (χ0v) is 5.56. The summed E-state index contributed by atoms with van der Waals surface area (Å²) in [5, 5.41) is 0. The van der Waals surface area contributed by atoms with Crippen molar-refractivity contribution in [1.29, 1.82) is 0 Å². The van der Waals surface area contributed by atoms with Gasteiger partial charge in [0, 0.05) is 6.20 Å². The molecular formula is C7H9F2N. The van der Waals surface area contributed by atoms with Crippen molar-refractivity contribution in [3.05, 3.63) is 24.9 Å². The highest BCUT2D eigenvalue weighted by atomic mass is 19.1. The molecular weight excluding hydrogens is 136 g/mol. The number of nitrogens with zero attached hydrogens (tertiary/aromatic N) is 1. The first-order chi connectivity index (χ1) is 4.81. The average Bonchev–Trinajstić information content (AvgIpc) is 1.89. The van der Waals surface area contributed by atoms with Crippen LogP contribution in [0.5, 0.6) is 0 Å². The fourth-order valence-corrected chi connectivity index (χ4v) is 0.374. The Hall–Kier alpha value is -0.990. The Bertz CT molecular complexity index is 150. The highest BCUT2D eigenvalue weighted by Crippen LogP contribution is 1.88. The second-order valence-corrected chi connectivity index (χ2v) is 1.51. The number of hydrogen-bond acceptors (Lipinski definition) is 1. The summed E-state index contributed by atoms with van der Waals surface area (Å²) in [6, 6.07) is 0. The van der Waals surface area contributed by atoms with Crippen LogP contribution in [0.25, 0.3) is 0 Å². The van der Waals surface area contributed by atoms with Crippen molar-refractivity contribution in [3.63, 3.8) is 0 Å². The minimum absolute atomic E-state index is 0.222. The van der Waals surface area contributed by atoms with E-state index >= 15 is 0 Å². The minimum Gasteiger partial charge on any atom is -0.251 e. The fraction of sp³-hybridized carbons (Fsp3) is 0.286. The largest absolute Gasteiger partial charge is 0.251 e. The molecule has 0 aromatic rings. The number of rotatable bonds is 4. The normalized spacial score (nSPS) is 12.4. The minimum atomic E-state index is -0.650. The second-order valence-electron chi connectivity index (χ2n) is 1.51. The van der Waals surface area contributed by atoms with Gasteiger partial charge in [0.2, 0.25) is 5.97 Å². The van der Waals surface area contributed by atoms with E-state index in [1.54, 1.807) is 0 Å². The Morgan fingerprint density at radius 1 is 1.60 bits per heavy atom. The lowest BCUT2D eigenvalue weighted by molar-refractivity contribution is 0.501. The summed E-state index contributed by atoms with van der Waals surface area (Å²) < 4.78 is 23.6. The van der Waals surface area contributed by atoms with Crippen LogP contribution in [0.15, 0.2) is 29.9 Å². The van der Waals surface area contributed by atoms with E-state index < -0.39 is 12.6 Å². The van der Waals surface area contributed by atoms with E-state index in [0.717, 1.165) is 12.3 Å². The lowest BCUT2D eigenvalue weighted by atomic mass is 10.4. The van der Waals surface area contributed by atoms with E-state index in [1.807, 2.05) is 0 Å². The summed E-state index contributed by atoms with van der Waals surface area (Å²) in [7, 11) is 0. The van der Waals surface area contributed by atoms with Crippen LogP contribution in [-0.2, 0) is 0 Å². The van der Waals surface area contributed by atoms with Crippen LogP contribution in [0.3, 0.4) is 0 Å². The van der Waals surface area contributed by atoms with Gasteiger partial charge >= 0.3 is 0 Å². The summed E-state index contributed by atoms with van der Waals surface area (Å²) in [5.74, 6) is -0.650. The molecule has 0 saturated carbocycles. The predicted molar refractivity (Wildman–Crippen MR) is 38.5 cm³/mol. The number of aliphatic imine (C=N–C) groups is 1. The highest BCUT2D eigenvalue weighted by Gasteiger charge is 1.83. The number of hydrogen-bond donors (Lipinski definition) is 0. The van der Waals surface area contributed by atoms with E-state index in [2.05, 4.69) is 11.6 Å². The molecule has 0 aliphatic heterocycles. The summed E-state index contributed by atoms with van der Waals surface area (Å²) >= 11 is 0. The second kappa shape index (κ2) is 6.13. The van der Waals surface area contributed by atoms with Crippen LogP contribution in [0.2, 0.25) is 0 Å². The number of allylic oxidation sites excluding steroid dienone is 2. The molecule has 0 N–H and O–H groups in total. The maximum atomic E-state index is 12.2. The van der Waals surface area contributed by atoms with Gasteiger partial charge in [-0.3, -0.25) is 4.39 Å². The smallest absolute Gasteiger partial charge is 0.212 e. The summed E-state index contributed by atoms with van der Waals surface area (Å²) in [4.78, 5) is 3.20. The predicted octanol–water partition coefficient (Wildman–Crippen LogP) is 2.41. The zero-order valence-electron chi connectivity index (χ0n) is 5.56. The standard InChI is InChI=1S/C7H9F2N/c1-2-10-7(9)5-3-4-6-8/h2-3,5H,1,4,6H2/b5-3-,10-7+. The molecule has 0 spiro atoms. The maximum Gasteiger partial charge on any atom is 0.212 e. The molecule has 0 saturated heterocycles. The molecule has 0 rings (SSSR count). The maximum absolute atomic E-state index is 12.2. The SMILES string of the molecule is C=C/N=C(F)\C=C/CCF. The van der Waals surface area contributed by atoms with Crippen LogP contribution in [0.1, 0.15) is 6.42 Å². The van der Waals surface area contributed by atoms with Crippen molar-refractivity contribution < 1.29 is 8.78 Å². The average molecular weight is 145 g/mol. The molecule has 0 aliphatic carbocycles. The molecule has 0 unspecified atom stereocenters. The summed E-state index contributed by atoms with van der Waals surface area (Å²) in [6.07, 6.45) is 3.80. The molecule has 0 aliphatic rings. The van der Waals surface area contributed by atoms with Crippen LogP contribution < -0.4 is 0 Å². The monoisotopic (exact) mass is 145 g/mol. The number of alkyl halides is 1. The quantitative estimate of drug-likeness (QED) is 0.538. The van der Waals surface area contributed by atoms with Crippen LogP contribution in [-0.4, -0.2) is 12.6 Å². The summed E-state index contributed by atoms with van der Waals surface area (Å²) in [6.45, 7) is 2.72. The van der Waals surface area contributed by atoms with Crippen molar-refractivity contribution in [2.45, 2.75) is 6.42 Å². The van der Waals surface area contributed by atoms with E-state index in [1.165, 1.54) is 6.08 Å². The van der Waals surface area contributed by atoms with Crippen molar-refractivity contribution in [3.8, 4) is 0 Å². The van der Waals surface area contributed by atoms with Crippen LogP contribution in [0.4, 0.5) is 8.78 Å². The Labute approximate surface area is 58.8 Å². The fourth-order valence-electron chi connectivity index (χ4n) is 0.374. The Balaban J connectivity index is 3.65. The van der Waals surface area contributed by atoms with Gasteiger partial charge in [0.1, 0.15) is 0 Å². The molecule has 0 amide bonds. The van der Waals surface area contributed by atoms with Crippen molar-refractivity contribution in [2.24, 2.45) is 4.99 Å². The molecule has 56 valence electrons. The Kier molecular flexibility index (Phi) is 5.53. The third-order valence-electron chi connectivity index (χ3n) is 0.746. The molecule has 0 radical (unpaired) electrons.